The smallest absolute Gasteiger partial charge is 0.342 e. The van der Waals surface area contributed by atoms with E-state index in [0.717, 1.165) is 12.8 Å². The van der Waals surface area contributed by atoms with Gasteiger partial charge in [-0.3, -0.25) is 10.1 Å². The minimum atomic E-state index is -1.31. The molecule has 0 bridgehead atoms. The molecule has 0 radical (unpaired) electrons. The van der Waals surface area contributed by atoms with E-state index in [4.69, 9.17) is 9.84 Å². The number of nitrogens with one attached hydrogen (secondary N) is 1. The second-order valence-electron chi connectivity index (χ2n) is 4.75. The Morgan fingerprint density at radius 1 is 1.60 bits per heavy atom. The first-order chi connectivity index (χ1) is 9.50. The standard InChI is InChI=1S/C13H16N2O5/c1-8(11-6-3-7-20-11)14-10-5-2-4-9(13(16)17)12(10)15(18)19/h2,4-5,8,11,14H,3,6-7H2,1H3,(H,16,17). The number of carboxylic acid groups (broad SMARTS) is 1. The van der Waals surface area contributed by atoms with Crippen molar-refractivity contribution in [2.75, 3.05) is 11.9 Å². The molecule has 7 nitrogen and oxygen atoms in total. The van der Waals surface area contributed by atoms with E-state index in [-0.39, 0.29) is 23.4 Å². The summed E-state index contributed by atoms with van der Waals surface area (Å²) in [7, 11) is 0. The van der Waals surface area contributed by atoms with Crippen molar-refractivity contribution in [1.29, 1.82) is 0 Å². The van der Waals surface area contributed by atoms with E-state index in [1.807, 2.05) is 6.92 Å². The fourth-order valence-corrected chi connectivity index (χ4v) is 2.36. The highest BCUT2D eigenvalue weighted by molar-refractivity contribution is 5.95. The zero-order chi connectivity index (χ0) is 14.7. The number of anilines is 1. The van der Waals surface area contributed by atoms with Crippen molar-refractivity contribution in [3.63, 3.8) is 0 Å². The second-order valence-corrected chi connectivity index (χ2v) is 4.75. The summed E-state index contributed by atoms with van der Waals surface area (Å²) in [6.45, 7) is 2.56. The van der Waals surface area contributed by atoms with Crippen LogP contribution in [-0.2, 0) is 4.74 Å². The van der Waals surface area contributed by atoms with Crippen molar-refractivity contribution < 1.29 is 19.6 Å². The van der Waals surface area contributed by atoms with Crippen LogP contribution in [0.15, 0.2) is 18.2 Å². The Morgan fingerprint density at radius 2 is 2.35 bits per heavy atom. The summed E-state index contributed by atoms with van der Waals surface area (Å²) >= 11 is 0. The Labute approximate surface area is 115 Å². The van der Waals surface area contributed by atoms with Crippen LogP contribution in [0.3, 0.4) is 0 Å². The Hall–Kier alpha value is -2.15. The third kappa shape index (κ3) is 2.88. The van der Waals surface area contributed by atoms with Crippen LogP contribution in [0.25, 0.3) is 0 Å². The van der Waals surface area contributed by atoms with Crippen molar-refractivity contribution in [2.24, 2.45) is 0 Å². The zero-order valence-electron chi connectivity index (χ0n) is 11.0. The summed E-state index contributed by atoms with van der Waals surface area (Å²) in [6.07, 6.45) is 1.84. The van der Waals surface area contributed by atoms with E-state index < -0.39 is 16.6 Å². The van der Waals surface area contributed by atoms with Crippen LogP contribution in [0, 0.1) is 10.1 Å². The van der Waals surface area contributed by atoms with Crippen molar-refractivity contribution in [3.05, 3.63) is 33.9 Å². The molecule has 1 aromatic rings. The highest BCUT2D eigenvalue weighted by Gasteiger charge is 2.28. The van der Waals surface area contributed by atoms with E-state index >= 15 is 0 Å². The summed E-state index contributed by atoms with van der Waals surface area (Å²) in [6, 6.07) is 4.10. The fourth-order valence-electron chi connectivity index (χ4n) is 2.36. The van der Waals surface area contributed by atoms with E-state index in [1.165, 1.54) is 18.2 Å². The van der Waals surface area contributed by atoms with Gasteiger partial charge in [0.1, 0.15) is 11.3 Å². The first-order valence-corrected chi connectivity index (χ1v) is 6.39. The molecule has 1 aliphatic rings. The van der Waals surface area contributed by atoms with Gasteiger partial charge in [0.25, 0.3) is 0 Å². The molecule has 1 fully saturated rings. The van der Waals surface area contributed by atoms with Crippen LogP contribution in [0.1, 0.15) is 30.1 Å². The molecule has 1 saturated heterocycles. The van der Waals surface area contributed by atoms with Crippen molar-refractivity contribution in [1.82, 2.24) is 0 Å². The van der Waals surface area contributed by atoms with Gasteiger partial charge in [0.2, 0.25) is 0 Å². The van der Waals surface area contributed by atoms with Crippen LogP contribution in [-0.4, -0.2) is 34.8 Å². The van der Waals surface area contributed by atoms with Gasteiger partial charge in [-0.15, -0.1) is 0 Å². The van der Waals surface area contributed by atoms with Crippen LogP contribution >= 0.6 is 0 Å². The molecule has 2 N–H and O–H groups in total. The maximum atomic E-state index is 11.1. The Bertz CT molecular complexity index is 525. The molecule has 1 aliphatic heterocycles. The summed E-state index contributed by atoms with van der Waals surface area (Å²) in [5, 5.41) is 23.1. The fraction of sp³-hybridized carbons (Fsp3) is 0.462. The molecule has 7 heteroatoms. The highest BCUT2D eigenvalue weighted by Crippen LogP contribution is 2.30. The Balaban J connectivity index is 2.28. The van der Waals surface area contributed by atoms with E-state index in [0.29, 0.717) is 6.61 Å². The van der Waals surface area contributed by atoms with Crippen molar-refractivity contribution >= 4 is 17.3 Å². The molecular weight excluding hydrogens is 264 g/mol. The Morgan fingerprint density at radius 3 is 2.90 bits per heavy atom. The van der Waals surface area contributed by atoms with Crippen LogP contribution in [0.5, 0.6) is 0 Å². The van der Waals surface area contributed by atoms with Gasteiger partial charge in [-0.1, -0.05) is 6.07 Å². The predicted molar refractivity (Wildman–Crippen MR) is 72.1 cm³/mol. The number of ether oxygens (including phenoxy) is 1. The predicted octanol–water partition coefficient (Wildman–Crippen LogP) is 2.27. The summed E-state index contributed by atoms with van der Waals surface area (Å²) in [4.78, 5) is 21.5. The van der Waals surface area contributed by atoms with Gasteiger partial charge in [-0.05, 0) is 31.9 Å². The lowest BCUT2D eigenvalue weighted by Gasteiger charge is -2.21. The number of nitro groups is 1. The van der Waals surface area contributed by atoms with E-state index in [9.17, 15) is 14.9 Å². The maximum absolute atomic E-state index is 11.1. The van der Waals surface area contributed by atoms with Crippen molar-refractivity contribution in [2.45, 2.75) is 31.9 Å². The SMILES string of the molecule is CC(Nc1cccc(C(=O)O)c1[N+](=O)[O-])C1CCCO1. The topological polar surface area (TPSA) is 102 Å². The van der Waals surface area contributed by atoms with Gasteiger partial charge in [0.15, 0.2) is 0 Å². The third-order valence-corrected chi connectivity index (χ3v) is 3.35. The number of nitrogens with zero attached hydrogens (tertiary/aromatic N) is 1. The molecule has 0 amide bonds. The summed E-state index contributed by atoms with van der Waals surface area (Å²) in [5.74, 6) is -1.31. The molecule has 1 aromatic carbocycles. The van der Waals surface area contributed by atoms with E-state index in [2.05, 4.69) is 5.32 Å². The lowest BCUT2D eigenvalue weighted by Crippen LogP contribution is -2.30. The largest absolute Gasteiger partial charge is 0.477 e. The quantitative estimate of drug-likeness (QED) is 0.633. The molecular formula is C13H16N2O5. The number of benzene rings is 1. The van der Waals surface area contributed by atoms with Gasteiger partial charge in [-0.25, -0.2) is 4.79 Å². The first-order valence-electron chi connectivity index (χ1n) is 6.39. The lowest BCUT2D eigenvalue weighted by molar-refractivity contribution is -0.384. The van der Waals surface area contributed by atoms with Gasteiger partial charge in [0.05, 0.1) is 11.0 Å². The zero-order valence-corrected chi connectivity index (χ0v) is 11.0. The monoisotopic (exact) mass is 280 g/mol. The molecule has 20 heavy (non-hydrogen) atoms. The molecule has 0 spiro atoms. The summed E-state index contributed by atoms with van der Waals surface area (Å²) in [5.41, 5.74) is -0.526. The minimum Gasteiger partial charge on any atom is -0.477 e. The van der Waals surface area contributed by atoms with Crippen LogP contribution in [0.4, 0.5) is 11.4 Å². The number of para-hydroxylation sites is 1. The minimum absolute atomic E-state index is 0.0110. The number of aromatic carboxylic acids is 1. The molecule has 2 rings (SSSR count). The molecule has 0 aliphatic carbocycles. The van der Waals surface area contributed by atoms with Crippen LogP contribution in [0.2, 0.25) is 0 Å². The van der Waals surface area contributed by atoms with Gasteiger partial charge >= 0.3 is 11.7 Å². The second kappa shape index (κ2) is 5.87. The number of nitro benzene ring substituents is 1. The average Bonchev–Trinajstić information content (AvgIpc) is 2.91. The number of rotatable bonds is 5. The normalized spacial score (nSPS) is 19.6. The number of hydrogen-bond donors (Lipinski definition) is 2. The number of carbonyl (C=O) groups is 1. The molecule has 108 valence electrons. The van der Waals surface area contributed by atoms with Gasteiger partial charge < -0.3 is 15.2 Å². The highest BCUT2D eigenvalue weighted by atomic mass is 16.6. The molecule has 2 atom stereocenters. The molecule has 1 heterocycles. The number of hydrogen-bond acceptors (Lipinski definition) is 5. The average molecular weight is 280 g/mol. The first kappa shape index (κ1) is 14.3. The lowest BCUT2D eigenvalue weighted by atomic mass is 10.1. The van der Waals surface area contributed by atoms with E-state index in [1.54, 1.807) is 0 Å². The van der Waals surface area contributed by atoms with Crippen molar-refractivity contribution in [3.8, 4) is 0 Å². The van der Waals surface area contributed by atoms with Gasteiger partial charge in [0, 0.05) is 12.6 Å². The molecule has 0 aromatic heterocycles. The summed E-state index contributed by atoms with van der Waals surface area (Å²) < 4.78 is 5.52. The number of carboxylic acids is 1. The maximum Gasteiger partial charge on any atom is 0.342 e. The third-order valence-electron chi connectivity index (χ3n) is 3.35. The molecule has 0 saturated carbocycles. The van der Waals surface area contributed by atoms with Crippen LogP contribution < -0.4 is 5.32 Å². The van der Waals surface area contributed by atoms with Gasteiger partial charge in [-0.2, -0.15) is 0 Å². The Kier molecular flexibility index (Phi) is 4.19. The molecule has 2 unspecified atom stereocenters.